The molecule has 0 radical (unpaired) electrons. The zero-order valence-corrected chi connectivity index (χ0v) is 11.7. The minimum absolute atomic E-state index is 0.0146. The number of carbonyl (C=O) groups excluding carboxylic acids is 1. The van der Waals surface area contributed by atoms with Crippen molar-refractivity contribution in [1.29, 1.82) is 0 Å². The molecule has 1 aliphatic rings. The van der Waals surface area contributed by atoms with E-state index >= 15 is 0 Å². The van der Waals surface area contributed by atoms with Crippen LogP contribution in [0.25, 0.3) is 0 Å². The molecule has 0 saturated heterocycles. The molecule has 0 atom stereocenters. The zero-order chi connectivity index (χ0) is 13.9. The van der Waals surface area contributed by atoms with Crippen LogP contribution in [-0.4, -0.2) is 28.5 Å². The monoisotopic (exact) mass is 282 g/mol. The van der Waals surface area contributed by atoms with Gasteiger partial charge in [0, 0.05) is 18.3 Å². The lowest BCUT2D eigenvalue weighted by atomic mass is 9.67. The second-order valence-corrected chi connectivity index (χ2v) is 5.85. The van der Waals surface area contributed by atoms with Crippen molar-refractivity contribution in [3.63, 3.8) is 0 Å². The van der Waals surface area contributed by atoms with Gasteiger partial charge in [-0.05, 0) is 19.8 Å². The minimum atomic E-state index is -0.799. The van der Waals surface area contributed by atoms with Gasteiger partial charge >= 0.3 is 0 Å². The fraction of sp³-hybridized carbons (Fsp3) is 0.583. The Labute approximate surface area is 115 Å². The largest absolute Gasteiger partial charge is 0.409 e. The molecule has 1 heterocycles. The Morgan fingerprint density at radius 1 is 1.68 bits per heavy atom. The number of thiazole rings is 1. The summed E-state index contributed by atoms with van der Waals surface area (Å²) in [6.07, 6.45) is 2.91. The Bertz CT molecular complexity index is 494. The van der Waals surface area contributed by atoms with Crippen LogP contribution < -0.4 is 11.1 Å². The lowest BCUT2D eigenvalue weighted by Gasteiger charge is -2.38. The topological polar surface area (TPSA) is 101 Å². The molecule has 0 unspecified atom stereocenters. The summed E-state index contributed by atoms with van der Waals surface area (Å²) in [7, 11) is 0. The van der Waals surface area contributed by atoms with E-state index in [0.717, 1.165) is 17.1 Å². The van der Waals surface area contributed by atoms with Gasteiger partial charge in [0.1, 0.15) is 5.41 Å². The van der Waals surface area contributed by atoms with Gasteiger partial charge < -0.3 is 16.3 Å². The highest BCUT2D eigenvalue weighted by atomic mass is 32.1. The fourth-order valence-corrected chi connectivity index (χ4v) is 2.87. The lowest BCUT2D eigenvalue weighted by Crippen LogP contribution is -2.54. The van der Waals surface area contributed by atoms with Crippen molar-refractivity contribution in [2.24, 2.45) is 16.3 Å². The highest BCUT2D eigenvalue weighted by molar-refractivity contribution is 7.09. The van der Waals surface area contributed by atoms with Gasteiger partial charge in [-0.25, -0.2) is 4.98 Å². The first kappa shape index (κ1) is 13.8. The molecule has 104 valence electrons. The summed E-state index contributed by atoms with van der Waals surface area (Å²) in [6.45, 7) is 2.47. The molecule has 1 aliphatic carbocycles. The predicted octanol–water partition coefficient (Wildman–Crippen LogP) is 1.03. The first-order chi connectivity index (χ1) is 9.08. The van der Waals surface area contributed by atoms with Crippen molar-refractivity contribution in [3.8, 4) is 0 Å². The van der Waals surface area contributed by atoms with Gasteiger partial charge in [0.15, 0.2) is 5.84 Å². The highest BCUT2D eigenvalue weighted by Gasteiger charge is 2.48. The Kier molecular flexibility index (Phi) is 4.04. The Morgan fingerprint density at radius 2 is 2.42 bits per heavy atom. The number of rotatable bonds is 5. The average molecular weight is 282 g/mol. The number of aryl methyl sites for hydroxylation is 1. The van der Waals surface area contributed by atoms with Crippen LogP contribution in [0.3, 0.4) is 0 Å². The molecule has 1 aromatic rings. The number of nitrogens with two attached hydrogens (primary N) is 1. The van der Waals surface area contributed by atoms with E-state index in [1.165, 1.54) is 0 Å². The van der Waals surface area contributed by atoms with Crippen LogP contribution in [0.5, 0.6) is 0 Å². The fourth-order valence-electron chi connectivity index (χ4n) is 2.22. The van der Waals surface area contributed by atoms with E-state index in [0.29, 0.717) is 25.8 Å². The smallest absolute Gasteiger partial charge is 0.233 e. The molecule has 6 nitrogen and oxygen atoms in total. The average Bonchev–Trinajstić information content (AvgIpc) is 2.73. The summed E-state index contributed by atoms with van der Waals surface area (Å²) in [6, 6.07) is 0. The Balaban J connectivity index is 1.87. The van der Waals surface area contributed by atoms with E-state index in [4.69, 9.17) is 10.9 Å². The van der Waals surface area contributed by atoms with E-state index in [-0.39, 0.29) is 11.7 Å². The number of hydrogen-bond acceptors (Lipinski definition) is 5. The number of amides is 1. The molecule has 1 amide bonds. The highest BCUT2D eigenvalue weighted by Crippen LogP contribution is 2.41. The van der Waals surface area contributed by atoms with Crippen molar-refractivity contribution in [1.82, 2.24) is 10.3 Å². The first-order valence-corrected chi connectivity index (χ1v) is 7.14. The van der Waals surface area contributed by atoms with Gasteiger partial charge in [-0.1, -0.05) is 11.6 Å². The second-order valence-electron chi connectivity index (χ2n) is 4.78. The third-order valence-corrected chi connectivity index (χ3v) is 4.40. The normalized spacial score (nSPS) is 17.8. The summed E-state index contributed by atoms with van der Waals surface area (Å²) in [5.74, 6) is -0.137. The number of hydrogen-bond donors (Lipinski definition) is 3. The molecule has 1 saturated carbocycles. The van der Waals surface area contributed by atoms with Crippen LogP contribution in [0.2, 0.25) is 0 Å². The summed E-state index contributed by atoms with van der Waals surface area (Å²) >= 11 is 1.60. The third-order valence-electron chi connectivity index (χ3n) is 3.57. The van der Waals surface area contributed by atoms with Crippen LogP contribution in [-0.2, 0) is 11.2 Å². The van der Waals surface area contributed by atoms with Crippen molar-refractivity contribution in [2.75, 3.05) is 6.54 Å². The van der Waals surface area contributed by atoms with Crippen LogP contribution in [0, 0.1) is 12.3 Å². The number of aromatic nitrogens is 1. The number of nitrogens with zero attached hydrogens (tertiary/aromatic N) is 2. The molecule has 0 aromatic carbocycles. The molecule has 4 N–H and O–H groups in total. The Hall–Kier alpha value is -1.63. The van der Waals surface area contributed by atoms with E-state index in [1.54, 1.807) is 11.3 Å². The summed E-state index contributed by atoms with van der Waals surface area (Å²) in [5, 5.41) is 17.6. The van der Waals surface area contributed by atoms with Crippen LogP contribution in [0.15, 0.2) is 10.5 Å². The summed E-state index contributed by atoms with van der Waals surface area (Å²) in [4.78, 5) is 16.5. The number of carbonyl (C=O) groups is 1. The third kappa shape index (κ3) is 2.70. The van der Waals surface area contributed by atoms with Crippen molar-refractivity contribution in [2.45, 2.75) is 32.6 Å². The number of amidine groups is 1. The minimum Gasteiger partial charge on any atom is -0.409 e. The van der Waals surface area contributed by atoms with Crippen molar-refractivity contribution in [3.05, 3.63) is 16.1 Å². The first-order valence-electron chi connectivity index (χ1n) is 6.26. The molecule has 1 aromatic heterocycles. The second kappa shape index (κ2) is 5.56. The van der Waals surface area contributed by atoms with Gasteiger partial charge in [0.2, 0.25) is 5.91 Å². The van der Waals surface area contributed by atoms with Crippen LogP contribution in [0.1, 0.15) is 30.0 Å². The van der Waals surface area contributed by atoms with Gasteiger partial charge in [-0.15, -0.1) is 11.3 Å². The summed E-state index contributed by atoms with van der Waals surface area (Å²) < 4.78 is 0. The zero-order valence-electron chi connectivity index (χ0n) is 10.8. The van der Waals surface area contributed by atoms with Crippen LogP contribution >= 0.6 is 11.3 Å². The quantitative estimate of drug-likeness (QED) is 0.325. The predicted molar refractivity (Wildman–Crippen MR) is 73.3 cm³/mol. The maximum atomic E-state index is 12.1. The standard InChI is InChI=1S/C12H18N4O2S/c1-8-15-9(7-19-8)3-6-14-11(17)12(4-2-5-12)10(13)16-18/h7,18H,2-6H2,1H3,(H2,13,16)(H,14,17). The molecule has 7 heteroatoms. The van der Waals surface area contributed by atoms with E-state index in [1.807, 2.05) is 12.3 Å². The maximum absolute atomic E-state index is 12.1. The van der Waals surface area contributed by atoms with Crippen molar-refractivity contribution < 1.29 is 10.0 Å². The van der Waals surface area contributed by atoms with E-state index < -0.39 is 5.41 Å². The summed E-state index contributed by atoms with van der Waals surface area (Å²) in [5.41, 5.74) is 5.81. The van der Waals surface area contributed by atoms with Gasteiger partial charge in [0.25, 0.3) is 0 Å². The van der Waals surface area contributed by atoms with Gasteiger partial charge in [0.05, 0.1) is 10.7 Å². The van der Waals surface area contributed by atoms with Crippen LogP contribution in [0.4, 0.5) is 0 Å². The molecule has 0 aliphatic heterocycles. The molecule has 1 fully saturated rings. The molecule has 19 heavy (non-hydrogen) atoms. The number of nitrogens with one attached hydrogen (secondary N) is 1. The molecule has 0 spiro atoms. The van der Waals surface area contributed by atoms with E-state index in [9.17, 15) is 4.79 Å². The Morgan fingerprint density at radius 3 is 2.89 bits per heavy atom. The molecular weight excluding hydrogens is 264 g/mol. The lowest BCUT2D eigenvalue weighted by molar-refractivity contribution is -0.131. The van der Waals surface area contributed by atoms with E-state index in [2.05, 4.69) is 15.5 Å². The molecule has 0 bridgehead atoms. The van der Waals surface area contributed by atoms with Gasteiger partial charge in [-0.2, -0.15) is 0 Å². The molecule has 2 rings (SSSR count). The molecular formula is C12H18N4O2S. The SMILES string of the molecule is Cc1nc(CCNC(=O)C2(C(N)=NO)CCC2)cs1. The van der Waals surface area contributed by atoms with Gasteiger partial charge in [-0.3, -0.25) is 4.79 Å². The van der Waals surface area contributed by atoms with Crippen molar-refractivity contribution >= 4 is 23.1 Å². The maximum Gasteiger partial charge on any atom is 0.233 e. The number of oxime groups is 1.